The van der Waals surface area contributed by atoms with E-state index in [9.17, 15) is 4.79 Å². The van der Waals surface area contributed by atoms with Crippen LogP contribution >= 0.6 is 11.8 Å². The van der Waals surface area contributed by atoms with Gasteiger partial charge in [-0.2, -0.15) is 10.1 Å². The Bertz CT molecular complexity index is 1060. The van der Waals surface area contributed by atoms with Crippen LogP contribution in [0.2, 0.25) is 0 Å². The predicted molar refractivity (Wildman–Crippen MR) is 112 cm³/mol. The summed E-state index contributed by atoms with van der Waals surface area (Å²) in [5.74, 6) is 1.61. The molecule has 1 aromatic heterocycles. The van der Waals surface area contributed by atoms with Gasteiger partial charge in [0.25, 0.3) is 5.56 Å². The molecule has 1 N–H and O–H groups in total. The van der Waals surface area contributed by atoms with Gasteiger partial charge in [0.1, 0.15) is 0 Å². The molecular weight excluding hydrogens is 356 g/mol. The third-order valence-electron chi connectivity index (χ3n) is 4.76. The number of anilines is 1. The van der Waals surface area contributed by atoms with Crippen molar-refractivity contribution in [2.75, 3.05) is 11.1 Å². The quantitative estimate of drug-likeness (QED) is 0.718. The summed E-state index contributed by atoms with van der Waals surface area (Å²) in [7, 11) is 0. The molecule has 138 valence electrons. The van der Waals surface area contributed by atoms with E-state index in [1.54, 1.807) is 11.8 Å². The Hall–Kier alpha value is -2.60. The molecule has 3 aromatic rings. The highest BCUT2D eigenvalue weighted by molar-refractivity contribution is 7.99. The number of benzene rings is 2. The van der Waals surface area contributed by atoms with Gasteiger partial charge in [-0.15, -0.1) is 11.8 Å². The molecule has 5 nitrogen and oxygen atoms in total. The van der Waals surface area contributed by atoms with Gasteiger partial charge >= 0.3 is 0 Å². The second-order valence-electron chi connectivity index (χ2n) is 6.75. The standard InChI is InChI=1S/C21H22N4OS/c1-4-11-27-21-22-17-8-6-5-7-16(17)19-23-20(26)18(24-25(19)21)15-10-9-13(2)14(3)12-15/h5-10,12,21-22H,4,11H2,1-3H3/t21-/m1/s1. The number of thioether (sulfide) groups is 1. The molecule has 0 amide bonds. The SMILES string of the molecule is CCCS[C@@H]1Nc2ccccc2-c2nc(=O)c(-c3ccc(C)c(C)c3)nn21. The minimum Gasteiger partial charge on any atom is -0.355 e. The van der Waals surface area contributed by atoms with Crippen LogP contribution in [0.15, 0.2) is 47.3 Å². The second kappa shape index (κ2) is 7.19. The van der Waals surface area contributed by atoms with Crippen LogP contribution in [-0.2, 0) is 0 Å². The van der Waals surface area contributed by atoms with Crippen LogP contribution in [0.3, 0.4) is 0 Å². The number of aromatic nitrogens is 3. The maximum Gasteiger partial charge on any atom is 0.300 e. The lowest BCUT2D eigenvalue weighted by Gasteiger charge is -2.29. The van der Waals surface area contributed by atoms with Crippen LogP contribution in [0.1, 0.15) is 30.0 Å². The molecule has 0 unspecified atom stereocenters. The number of fused-ring (bicyclic) bond motifs is 3. The topological polar surface area (TPSA) is 59.8 Å². The number of rotatable bonds is 4. The second-order valence-corrected chi connectivity index (χ2v) is 7.93. The molecule has 6 heteroatoms. The average molecular weight is 379 g/mol. The van der Waals surface area contributed by atoms with Crippen molar-refractivity contribution < 1.29 is 0 Å². The molecule has 0 aliphatic carbocycles. The minimum absolute atomic E-state index is 0.0896. The summed E-state index contributed by atoms with van der Waals surface area (Å²) in [4.78, 5) is 17.2. The van der Waals surface area contributed by atoms with Crippen molar-refractivity contribution in [2.24, 2.45) is 0 Å². The first-order valence-electron chi connectivity index (χ1n) is 9.14. The lowest BCUT2D eigenvalue weighted by molar-refractivity contribution is 0.616. The summed E-state index contributed by atoms with van der Waals surface area (Å²) in [5.41, 5.74) is 5.04. The lowest BCUT2D eigenvalue weighted by atomic mass is 10.0. The van der Waals surface area contributed by atoms with E-state index in [0.29, 0.717) is 11.5 Å². The van der Waals surface area contributed by atoms with Crippen molar-refractivity contribution >= 4 is 17.4 Å². The van der Waals surface area contributed by atoms with Gasteiger partial charge in [0.2, 0.25) is 0 Å². The summed E-state index contributed by atoms with van der Waals surface area (Å²) >= 11 is 1.77. The zero-order valence-corrected chi connectivity index (χ0v) is 16.5. The number of para-hydroxylation sites is 1. The largest absolute Gasteiger partial charge is 0.355 e. The van der Waals surface area contributed by atoms with E-state index in [0.717, 1.165) is 34.6 Å². The molecule has 2 aromatic carbocycles. The molecule has 1 aliphatic rings. The fourth-order valence-electron chi connectivity index (χ4n) is 3.16. The molecule has 2 heterocycles. The average Bonchev–Trinajstić information content (AvgIpc) is 2.68. The van der Waals surface area contributed by atoms with E-state index in [1.165, 1.54) is 5.56 Å². The van der Waals surface area contributed by atoms with Crippen LogP contribution in [0.4, 0.5) is 5.69 Å². The number of nitrogens with zero attached hydrogens (tertiary/aromatic N) is 3. The van der Waals surface area contributed by atoms with Crippen LogP contribution in [-0.4, -0.2) is 20.5 Å². The summed E-state index contributed by atoms with van der Waals surface area (Å²) in [6.07, 6.45) is 1.07. The minimum atomic E-state index is -0.291. The predicted octanol–water partition coefficient (Wildman–Crippen LogP) is 4.61. The molecule has 0 saturated heterocycles. The summed E-state index contributed by atoms with van der Waals surface area (Å²) in [5, 5.41) is 8.27. The van der Waals surface area contributed by atoms with Crippen molar-refractivity contribution in [3.8, 4) is 22.6 Å². The highest BCUT2D eigenvalue weighted by Gasteiger charge is 2.26. The molecule has 1 atom stereocenters. The van der Waals surface area contributed by atoms with E-state index in [-0.39, 0.29) is 11.1 Å². The Morgan fingerprint density at radius 2 is 1.96 bits per heavy atom. The van der Waals surface area contributed by atoms with Gasteiger partial charge in [-0.05, 0) is 55.3 Å². The Kier molecular flexibility index (Phi) is 4.74. The summed E-state index contributed by atoms with van der Waals surface area (Å²) in [6, 6.07) is 13.9. The van der Waals surface area contributed by atoms with Gasteiger partial charge < -0.3 is 5.32 Å². The molecule has 0 saturated carbocycles. The fraction of sp³-hybridized carbons (Fsp3) is 0.286. The van der Waals surface area contributed by atoms with Crippen molar-refractivity contribution in [1.82, 2.24) is 14.8 Å². The lowest BCUT2D eigenvalue weighted by Crippen LogP contribution is -2.30. The maximum atomic E-state index is 12.8. The molecule has 1 aliphatic heterocycles. The fourth-order valence-corrected chi connectivity index (χ4v) is 4.11. The van der Waals surface area contributed by atoms with Crippen LogP contribution in [0.25, 0.3) is 22.6 Å². The molecule has 27 heavy (non-hydrogen) atoms. The van der Waals surface area contributed by atoms with Crippen molar-refractivity contribution in [1.29, 1.82) is 0 Å². The number of hydrogen-bond acceptors (Lipinski definition) is 5. The third kappa shape index (κ3) is 3.25. The highest BCUT2D eigenvalue weighted by atomic mass is 32.2. The first-order valence-corrected chi connectivity index (χ1v) is 10.2. The zero-order valence-electron chi connectivity index (χ0n) is 15.7. The van der Waals surface area contributed by atoms with Crippen LogP contribution < -0.4 is 10.9 Å². The van der Waals surface area contributed by atoms with Gasteiger partial charge in [0, 0.05) is 16.8 Å². The molecule has 0 radical (unpaired) electrons. The molecule has 4 rings (SSSR count). The van der Waals surface area contributed by atoms with E-state index in [2.05, 4.69) is 24.1 Å². The van der Waals surface area contributed by atoms with Gasteiger partial charge in [-0.3, -0.25) is 4.79 Å². The third-order valence-corrected chi connectivity index (χ3v) is 6.04. The van der Waals surface area contributed by atoms with Crippen LogP contribution in [0, 0.1) is 13.8 Å². The first-order chi connectivity index (χ1) is 13.1. The van der Waals surface area contributed by atoms with E-state index < -0.39 is 0 Å². The van der Waals surface area contributed by atoms with Crippen molar-refractivity contribution in [3.63, 3.8) is 0 Å². The first kappa shape index (κ1) is 17.8. The van der Waals surface area contributed by atoms with E-state index in [4.69, 9.17) is 5.10 Å². The summed E-state index contributed by atoms with van der Waals surface area (Å²) < 4.78 is 1.86. The van der Waals surface area contributed by atoms with Crippen molar-refractivity contribution in [2.45, 2.75) is 32.7 Å². The number of aryl methyl sites for hydroxylation is 2. The Balaban J connectivity index is 1.89. The zero-order chi connectivity index (χ0) is 19.0. The maximum absolute atomic E-state index is 12.8. The van der Waals surface area contributed by atoms with Gasteiger partial charge in [-0.25, -0.2) is 4.68 Å². The molecule has 0 spiro atoms. The molecular formula is C21H22N4OS. The van der Waals surface area contributed by atoms with Crippen molar-refractivity contribution in [3.05, 3.63) is 63.9 Å². The smallest absolute Gasteiger partial charge is 0.300 e. The van der Waals surface area contributed by atoms with Gasteiger partial charge in [0.15, 0.2) is 17.0 Å². The Labute approximate surface area is 162 Å². The molecule has 0 fully saturated rings. The van der Waals surface area contributed by atoms with E-state index in [1.807, 2.05) is 54.1 Å². The van der Waals surface area contributed by atoms with Gasteiger partial charge in [0.05, 0.1) is 0 Å². The summed E-state index contributed by atoms with van der Waals surface area (Å²) in [6.45, 7) is 6.26. The molecule has 0 bridgehead atoms. The number of hydrogen-bond donors (Lipinski definition) is 1. The normalized spacial score (nSPS) is 15.0. The highest BCUT2D eigenvalue weighted by Crippen LogP contribution is 2.38. The number of nitrogens with one attached hydrogen (secondary N) is 1. The Morgan fingerprint density at radius 3 is 2.74 bits per heavy atom. The monoisotopic (exact) mass is 378 g/mol. The van der Waals surface area contributed by atoms with Crippen LogP contribution in [0.5, 0.6) is 0 Å². The Morgan fingerprint density at radius 1 is 1.15 bits per heavy atom. The van der Waals surface area contributed by atoms with E-state index >= 15 is 0 Å². The van der Waals surface area contributed by atoms with Gasteiger partial charge in [-0.1, -0.05) is 31.2 Å².